The molecule has 0 aliphatic heterocycles. The Morgan fingerprint density at radius 1 is 1.04 bits per heavy atom. The lowest BCUT2D eigenvalue weighted by atomic mass is 9.93. The van der Waals surface area contributed by atoms with E-state index < -0.39 is 11.9 Å². The lowest BCUT2D eigenvalue weighted by Gasteiger charge is -2.13. The van der Waals surface area contributed by atoms with Crippen molar-refractivity contribution in [2.24, 2.45) is 5.92 Å². The maximum atomic E-state index is 12.4. The zero-order valence-electron chi connectivity index (χ0n) is 13.1. The minimum atomic E-state index is -0.762. The number of carbonyl (C=O) groups excluding carboxylic acids is 3. The van der Waals surface area contributed by atoms with E-state index in [1.54, 1.807) is 24.3 Å². The zero-order valence-corrected chi connectivity index (χ0v) is 13.9. The predicted octanol–water partition coefficient (Wildman–Crippen LogP) is 3.69. The number of hydrogen-bond donors (Lipinski definition) is 0. The summed E-state index contributed by atoms with van der Waals surface area (Å²) >= 11 is 1.35. The van der Waals surface area contributed by atoms with Crippen molar-refractivity contribution in [3.63, 3.8) is 0 Å². The van der Waals surface area contributed by atoms with E-state index in [2.05, 4.69) is 0 Å². The Morgan fingerprint density at radius 3 is 2.26 bits per heavy atom. The van der Waals surface area contributed by atoms with Crippen LogP contribution in [0.15, 0.2) is 41.8 Å². The van der Waals surface area contributed by atoms with E-state index in [9.17, 15) is 14.4 Å². The monoisotopic (exact) mass is 330 g/mol. The number of Topliss-reactive ketones (excluding diaryl/α,β-unsaturated/α-hetero) is 2. The Kier molecular flexibility index (Phi) is 5.82. The topological polar surface area (TPSA) is 60.4 Å². The number of esters is 1. The van der Waals surface area contributed by atoms with Crippen molar-refractivity contribution in [2.45, 2.75) is 19.8 Å². The van der Waals surface area contributed by atoms with E-state index in [1.807, 2.05) is 24.4 Å². The van der Waals surface area contributed by atoms with Crippen molar-refractivity contribution in [3.05, 3.63) is 57.8 Å². The molecule has 0 radical (unpaired) electrons. The molecule has 120 valence electrons. The van der Waals surface area contributed by atoms with Gasteiger partial charge >= 0.3 is 5.97 Å². The Balaban J connectivity index is 2.11. The number of carbonyl (C=O) groups is 3. The lowest BCUT2D eigenvalue weighted by Crippen LogP contribution is -2.23. The second-order valence-corrected chi connectivity index (χ2v) is 6.19. The van der Waals surface area contributed by atoms with Crippen molar-refractivity contribution in [1.82, 2.24) is 0 Å². The summed E-state index contributed by atoms with van der Waals surface area (Å²) in [4.78, 5) is 37.2. The molecule has 0 fully saturated rings. The molecule has 0 bridgehead atoms. The largest absolute Gasteiger partial charge is 0.469 e. The van der Waals surface area contributed by atoms with Crippen LogP contribution >= 0.6 is 11.3 Å². The molecular weight excluding hydrogens is 312 g/mol. The molecule has 4 nitrogen and oxygen atoms in total. The van der Waals surface area contributed by atoms with Crippen molar-refractivity contribution in [1.29, 1.82) is 0 Å². The highest BCUT2D eigenvalue weighted by atomic mass is 32.1. The van der Waals surface area contributed by atoms with E-state index in [0.29, 0.717) is 10.4 Å². The van der Waals surface area contributed by atoms with Crippen molar-refractivity contribution in [2.75, 3.05) is 7.11 Å². The average molecular weight is 330 g/mol. The Bertz CT molecular complexity index is 703. The van der Waals surface area contributed by atoms with Crippen molar-refractivity contribution >= 4 is 28.9 Å². The summed E-state index contributed by atoms with van der Waals surface area (Å²) in [6, 6.07) is 10.6. The third-order valence-corrected chi connectivity index (χ3v) is 4.67. The number of thiophene rings is 1. The van der Waals surface area contributed by atoms with E-state index in [1.165, 1.54) is 18.4 Å². The van der Waals surface area contributed by atoms with Crippen LogP contribution in [-0.4, -0.2) is 24.6 Å². The molecule has 0 aliphatic carbocycles. The fraction of sp³-hybridized carbons (Fsp3) is 0.278. The van der Waals surface area contributed by atoms with E-state index in [-0.39, 0.29) is 24.4 Å². The van der Waals surface area contributed by atoms with Gasteiger partial charge in [-0.05, 0) is 23.9 Å². The van der Waals surface area contributed by atoms with Crippen LogP contribution in [0, 0.1) is 12.8 Å². The van der Waals surface area contributed by atoms with Crippen LogP contribution in [0.25, 0.3) is 0 Å². The van der Waals surface area contributed by atoms with Gasteiger partial charge in [0, 0.05) is 18.4 Å². The quantitative estimate of drug-likeness (QED) is 0.574. The molecule has 0 saturated carbocycles. The number of benzene rings is 1. The molecule has 0 aliphatic rings. The molecule has 0 N–H and O–H groups in total. The molecule has 23 heavy (non-hydrogen) atoms. The summed E-state index contributed by atoms with van der Waals surface area (Å²) in [5.41, 5.74) is 1.42. The Labute approximate surface area is 139 Å². The van der Waals surface area contributed by atoms with E-state index in [0.717, 1.165) is 5.56 Å². The first-order chi connectivity index (χ1) is 11.0. The van der Waals surface area contributed by atoms with Crippen molar-refractivity contribution in [3.8, 4) is 0 Å². The van der Waals surface area contributed by atoms with Gasteiger partial charge in [-0.3, -0.25) is 14.4 Å². The SMILES string of the molecule is COC(=O)C(CC(=O)c1ccccc1)CC(=O)c1sccc1C. The molecule has 1 heterocycles. The number of ketones is 2. The summed E-state index contributed by atoms with van der Waals surface area (Å²) < 4.78 is 4.76. The summed E-state index contributed by atoms with van der Waals surface area (Å²) in [5.74, 6) is -1.59. The molecule has 1 unspecified atom stereocenters. The number of hydrogen-bond acceptors (Lipinski definition) is 5. The average Bonchev–Trinajstić information content (AvgIpc) is 3.00. The van der Waals surface area contributed by atoms with Gasteiger partial charge in [-0.2, -0.15) is 0 Å². The van der Waals surface area contributed by atoms with Gasteiger partial charge < -0.3 is 4.74 Å². The fourth-order valence-corrected chi connectivity index (χ4v) is 3.22. The van der Waals surface area contributed by atoms with Gasteiger partial charge in [-0.15, -0.1) is 11.3 Å². The molecule has 5 heteroatoms. The third-order valence-electron chi connectivity index (χ3n) is 3.61. The predicted molar refractivity (Wildman–Crippen MR) is 88.9 cm³/mol. The highest BCUT2D eigenvalue weighted by Crippen LogP contribution is 2.23. The van der Waals surface area contributed by atoms with Gasteiger partial charge in [0.1, 0.15) is 0 Å². The fourth-order valence-electron chi connectivity index (χ4n) is 2.35. The molecule has 0 amide bonds. The van der Waals surface area contributed by atoms with Gasteiger partial charge in [-0.1, -0.05) is 30.3 Å². The molecule has 0 spiro atoms. The number of rotatable bonds is 7. The minimum Gasteiger partial charge on any atom is -0.469 e. The smallest absolute Gasteiger partial charge is 0.309 e. The molecular formula is C18H18O4S. The van der Waals surface area contributed by atoms with Crippen LogP contribution < -0.4 is 0 Å². The van der Waals surface area contributed by atoms with Crippen LogP contribution in [0.4, 0.5) is 0 Å². The minimum absolute atomic E-state index is 0.0212. The molecule has 1 atom stereocenters. The molecule has 1 aromatic heterocycles. The normalized spacial score (nSPS) is 11.7. The summed E-state index contributed by atoms with van der Waals surface area (Å²) in [5, 5.41) is 1.84. The lowest BCUT2D eigenvalue weighted by molar-refractivity contribution is -0.145. The first-order valence-electron chi connectivity index (χ1n) is 7.26. The maximum absolute atomic E-state index is 12.4. The van der Waals surface area contributed by atoms with Gasteiger partial charge in [0.05, 0.1) is 17.9 Å². The summed E-state index contributed by atoms with van der Waals surface area (Å²) in [6.07, 6.45) is -0.0561. The Morgan fingerprint density at radius 2 is 1.70 bits per heavy atom. The number of ether oxygens (including phenoxy) is 1. The van der Waals surface area contributed by atoms with Crippen molar-refractivity contribution < 1.29 is 19.1 Å². The zero-order chi connectivity index (χ0) is 16.8. The number of methoxy groups -OCH3 is 1. The van der Waals surface area contributed by atoms with Gasteiger partial charge in [0.2, 0.25) is 0 Å². The summed E-state index contributed by atoms with van der Waals surface area (Å²) in [7, 11) is 1.27. The molecule has 2 aromatic rings. The van der Waals surface area contributed by atoms with Gasteiger partial charge in [-0.25, -0.2) is 0 Å². The van der Waals surface area contributed by atoms with E-state index in [4.69, 9.17) is 4.74 Å². The standard InChI is InChI=1S/C18H18O4S/c1-12-8-9-23-17(12)16(20)11-14(18(21)22-2)10-15(19)13-6-4-3-5-7-13/h3-9,14H,10-11H2,1-2H3. The molecule has 1 aromatic carbocycles. The molecule has 0 saturated heterocycles. The maximum Gasteiger partial charge on any atom is 0.309 e. The first kappa shape index (κ1) is 17.1. The van der Waals surface area contributed by atoms with Gasteiger partial charge in [0.25, 0.3) is 0 Å². The van der Waals surface area contributed by atoms with Crippen LogP contribution in [0.3, 0.4) is 0 Å². The van der Waals surface area contributed by atoms with Crippen LogP contribution in [0.5, 0.6) is 0 Å². The first-order valence-corrected chi connectivity index (χ1v) is 8.14. The second-order valence-electron chi connectivity index (χ2n) is 5.27. The van der Waals surface area contributed by atoms with Crippen LogP contribution in [-0.2, 0) is 9.53 Å². The van der Waals surface area contributed by atoms with Gasteiger partial charge in [0.15, 0.2) is 11.6 Å². The Hall–Kier alpha value is -2.27. The molecule has 2 rings (SSSR count). The highest BCUT2D eigenvalue weighted by Gasteiger charge is 2.27. The second kappa shape index (κ2) is 7.83. The van der Waals surface area contributed by atoms with Crippen LogP contribution in [0.1, 0.15) is 38.4 Å². The van der Waals surface area contributed by atoms with E-state index >= 15 is 0 Å². The summed E-state index contributed by atoms with van der Waals surface area (Å²) in [6.45, 7) is 1.85. The third kappa shape index (κ3) is 4.36. The highest BCUT2D eigenvalue weighted by molar-refractivity contribution is 7.12. The van der Waals surface area contributed by atoms with Crippen LogP contribution in [0.2, 0.25) is 0 Å². The number of aryl methyl sites for hydroxylation is 1.